The Morgan fingerprint density at radius 1 is 1.48 bits per heavy atom. The topological polar surface area (TPSA) is 122 Å². The van der Waals surface area contributed by atoms with E-state index in [-0.39, 0.29) is 11.4 Å². The number of aryl methyl sites for hydroxylation is 1. The van der Waals surface area contributed by atoms with Crippen molar-refractivity contribution in [2.75, 3.05) is 19.6 Å². The number of nitrogens with one attached hydrogen (secondary N) is 1. The van der Waals surface area contributed by atoms with Crippen molar-refractivity contribution >= 4 is 21.9 Å². The Labute approximate surface area is 122 Å². The molecular weight excluding hydrogens is 300 g/mol. The van der Waals surface area contributed by atoms with Crippen molar-refractivity contribution < 1.29 is 23.1 Å². The zero-order chi connectivity index (χ0) is 16.0. The van der Waals surface area contributed by atoms with Crippen LogP contribution in [0, 0.1) is 0 Å². The van der Waals surface area contributed by atoms with E-state index in [0.717, 1.165) is 11.1 Å². The SMILES string of the molecule is CCCN(CC(=O)O)C(=O)CNS(=O)(=O)c1cnn(C)c1. The highest BCUT2D eigenvalue weighted by atomic mass is 32.2. The van der Waals surface area contributed by atoms with Crippen LogP contribution in [-0.2, 0) is 26.7 Å². The molecule has 1 aromatic rings. The second kappa shape index (κ2) is 7.18. The van der Waals surface area contributed by atoms with Crippen LogP contribution in [0.3, 0.4) is 0 Å². The molecule has 0 unspecified atom stereocenters. The number of nitrogens with zero attached hydrogens (tertiary/aromatic N) is 3. The van der Waals surface area contributed by atoms with E-state index in [1.54, 1.807) is 14.0 Å². The Bertz CT molecular complexity index is 610. The van der Waals surface area contributed by atoms with Crippen LogP contribution in [0.5, 0.6) is 0 Å². The van der Waals surface area contributed by atoms with Crippen LogP contribution >= 0.6 is 0 Å². The van der Waals surface area contributed by atoms with Gasteiger partial charge in [-0.3, -0.25) is 14.3 Å². The third-order valence-corrected chi connectivity index (χ3v) is 3.93. The quantitative estimate of drug-likeness (QED) is 0.635. The van der Waals surface area contributed by atoms with E-state index < -0.39 is 35.0 Å². The molecule has 10 heteroatoms. The zero-order valence-corrected chi connectivity index (χ0v) is 12.6. The average Bonchev–Trinajstić information content (AvgIpc) is 2.82. The van der Waals surface area contributed by atoms with E-state index >= 15 is 0 Å². The number of hydrogen-bond donors (Lipinski definition) is 2. The Hall–Kier alpha value is -1.94. The second-order valence-corrected chi connectivity index (χ2v) is 6.15. The Morgan fingerprint density at radius 3 is 2.62 bits per heavy atom. The Balaban J connectivity index is 2.67. The molecule has 2 N–H and O–H groups in total. The van der Waals surface area contributed by atoms with Crippen molar-refractivity contribution in [3.05, 3.63) is 12.4 Å². The lowest BCUT2D eigenvalue weighted by Gasteiger charge is -2.19. The minimum Gasteiger partial charge on any atom is -0.480 e. The molecule has 0 aliphatic carbocycles. The van der Waals surface area contributed by atoms with Crippen LogP contribution in [0.15, 0.2) is 17.3 Å². The number of carbonyl (C=O) groups excluding carboxylic acids is 1. The molecule has 0 bridgehead atoms. The maximum Gasteiger partial charge on any atom is 0.323 e. The fraction of sp³-hybridized carbons (Fsp3) is 0.545. The first-order chi connectivity index (χ1) is 9.76. The van der Waals surface area contributed by atoms with E-state index in [1.807, 2.05) is 0 Å². The number of amides is 1. The van der Waals surface area contributed by atoms with E-state index in [0.29, 0.717) is 6.42 Å². The highest BCUT2D eigenvalue weighted by Gasteiger charge is 2.21. The summed E-state index contributed by atoms with van der Waals surface area (Å²) in [6, 6.07) is 0. The molecule has 0 fully saturated rings. The molecular formula is C11H18N4O5S. The van der Waals surface area contributed by atoms with Crippen LogP contribution in [0.1, 0.15) is 13.3 Å². The number of rotatable bonds is 8. The Morgan fingerprint density at radius 2 is 2.14 bits per heavy atom. The van der Waals surface area contributed by atoms with Gasteiger partial charge in [0.25, 0.3) is 0 Å². The molecule has 1 rings (SSSR count). The predicted octanol–water partition coefficient (Wildman–Crippen LogP) is -0.978. The van der Waals surface area contributed by atoms with Gasteiger partial charge >= 0.3 is 5.97 Å². The molecule has 1 aromatic heterocycles. The van der Waals surface area contributed by atoms with Crippen LogP contribution in [0.25, 0.3) is 0 Å². The number of aromatic nitrogens is 2. The van der Waals surface area contributed by atoms with Crippen LogP contribution < -0.4 is 4.72 Å². The van der Waals surface area contributed by atoms with E-state index in [4.69, 9.17) is 5.11 Å². The van der Waals surface area contributed by atoms with Crippen LogP contribution in [0.4, 0.5) is 0 Å². The van der Waals surface area contributed by atoms with Gasteiger partial charge in [0.2, 0.25) is 15.9 Å². The summed E-state index contributed by atoms with van der Waals surface area (Å²) < 4.78 is 27.3. The lowest BCUT2D eigenvalue weighted by molar-refractivity contribution is -0.144. The van der Waals surface area contributed by atoms with Crippen molar-refractivity contribution in [2.45, 2.75) is 18.2 Å². The highest BCUT2D eigenvalue weighted by Crippen LogP contribution is 2.05. The van der Waals surface area contributed by atoms with Crippen molar-refractivity contribution in [2.24, 2.45) is 7.05 Å². The lowest BCUT2D eigenvalue weighted by Crippen LogP contribution is -2.42. The van der Waals surface area contributed by atoms with Crippen molar-refractivity contribution in [1.29, 1.82) is 0 Å². The number of hydrogen-bond acceptors (Lipinski definition) is 5. The molecule has 0 aliphatic rings. The standard InChI is InChI=1S/C11H18N4O5S/c1-3-4-15(8-11(17)18)10(16)6-13-21(19,20)9-5-12-14(2)7-9/h5,7,13H,3-4,6,8H2,1-2H3,(H,17,18). The van der Waals surface area contributed by atoms with Gasteiger partial charge in [0.1, 0.15) is 11.4 Å². The monoisotopic (exact) mass is 318 g/mol. The average molecular weight is 318 g/mol. The van der Waals surface area contributed by atoms with Gasteiger partial charge in [0, 0.05) is 19.8 Å². The summed E-state index contributed by atoms with van der Waals surface area (Å²) >= 11 is 0. The second-order valence-electron chi connectivity index (χ2n) is 4.38. The number of carboxylic acid groups (broad SMARTS) is 1. The Kier molecular flexibility index (Phi) is 5.85. The normalized spacial score (nSPS) is 11.3. The largest absolute Gasteiger partial charge is 0.480 e. The first kappa shape index (κ1) is 17.1. The van der Waals surface area contributed by atoms with Crippen molar-refractivity contribution in [1.82, 2.24) is 19.4 Å². The van der Waals surface area contributed by atoms with Gasteiger partial charge in [-0.2, -0.15) is 5.10 Å². The fourth-order valence-electron chi connectivity index (χ4n) is 1.61. The molecule has 0 atom stereocenters. The van der Waals surface area contributed by atoms with Gasteiger partial charge in [-0.1, -0.05) is 6.92 Å². The van der Waals surface area contributed by atoms with Gasteiger partial charge in [-0.05, 0) is 6.42 Å². The molecule has 0 saturated heterocycles. The zero-order valence-electron chi connectivity index (χ0n) is 11.8. The van der Waals surface area contributed by atoms with Gasteiger partial charge in [0.05, 0.1) is 12.7 Å². The van der Waals surface area contributed by atoms with Crippen LogP contribution in [-0.4, -0.2) is 59.7 Å². The maximum atomic E-state index is 11.9. The molecule has 9 nitrogen and oxygen atoms in total. The van der Waals surface area contributed by atoms with E-state index in [9.17, 15) is 18.0 Å². The smallest absolute Gasteiger partial charge is 0.323 e. The van der Waals surface area contributed by atoms with E-state index in [1.165, 1.54) is 10.9 Å². The fourth-order valence-corrected chi connectivity index (χ4v) is 2.57. The maximum absolute atomic E-state index is 11.9. The summed E-state index contributed by atoms with van der Waals surface area (Å²) in [5.41, 5.74) is 0. The molecule has 21 heavy (non-hydrogen) atoms. The molecule has 1 amide bonds. The minimum absolute atomic E-state index is 0.0573. The molecule has 0 saturated carbocycles. The molecule has 0 aromatic carbocycles. The highest BCUT2D eigenvalue weighted by molar-refractivity contribution is 7.89. The van der Waals surface area contributed by atoms with Gasteiger partial charge in [-0.15, -0.1) is 0 Å². The first-order valence-electron chi connectivity index (χ1n) is 6.24. The summed E-state index contributed by atoms with van der Waals surface area (Å²) in [5.74, 6) is -1.74. The summed E-state index contributed by atoms with van der Waals surface area (Å²) in [6.07, 6.45) is 3.04. The summed E-state index contributed by atoms with van der Waals surface area (Å²) in [5, 5.41) is 12.5. The third kappa shape index (κ3) is 5.16. The predicted molar refractivity (Wildman–Crippen MR) is 72.9 cm³/mol. The first-order valence-corrected chi connectivity index (χ1v) is 7.72. The minimum atomic E-state index is -3.84. The summed E-state index contributed by atoms with van der Waals surface area (Å²) in [6.45, 7) is 1.09. The number of carboxylic acids is 1. The molecule has 0 radical (unpaired) electrons. The number of sulfonamides is 1. The van der Waals surface area contributed by atoms with Gasteiger partial charge < -0.3 is 10.0 Å². The van der Waals surface area contributed by atoms with Crippen molar-refractivity contribution in [3.8, 4) is 0 Å². The molecule has 1 heterocycles. The molecule has 0 spiro atoms. The third-order valence-electron chi connectivity index (χ3n) is 2.58. The number of aliphatic carboxylic acids is 1. The molecule has 118 valence electrons. The summed E-state index contributed by atoms with van der Waals surface area (Å²) in [4.78, 5) is 23.6. The van der Waals surface area contributed by atoms with Crippen molar-refractivity contribution in [3.63, 3.8) is 0 Å². The molecule has 0 aliphatic heterocycles. The van der Waals surface area contributed by atoms with Gasteiger partial charge in [0.15, 0.2) is 0 Å². The number of carbonyl (C=O) groups is 2. The lowest BCUT2D eigenvalue weighted by atomic mass is 10.4. The van der Waals surface area contributed by atoms with Crippen LogP contribution in [0.2, 0.25) is 0 Å². The summed E-state index contributed by atoms with van der Waals surface area (Å²) in [7, 11) is -2.27. The van der Waals surface area contributed by atoms with Gasteiger partial charge in [-0.25, -0.2) is 13.1 Å². The van der Waals surface area contributed by atoms with E-state index in [2.05, 4.69) is 9.82 Å².